The molecule has 1 rings (SSSR count). The summed E-state index contributed by atoms with van der Waals surface area (Å²) in [7, 11) is 2.07. The first kappa shape index (κ1) is 7.52. The van der Waals surface area contributed by atoms with Gasteiger partial charge in [0, 0.05) is 25.7 Å². The lowest BCUT2D eigenvalue weighted by atomic mass is 10.1. The standard InChI is InChI=1S/C7H13N3/c1-10-5-4-9-6-7(10)2-3-8/h7,9H,2,4-6H2,1H3. The van der Waals surface area contributed by atoms with Gasteiger partial charge in [-0.2, -0.15) is 5.26 Å². The van der Waals surface area contributed by atoms with Crippen molar-refractivity contribution in [1.29, 1.82) is 5.26 Å². The van der Waals surface area contributed by atoms with Crippen LogP contribution in [0.25, 0.3) is 0 Å². The SMILES string of the molecule is CN1CCNCC1CC#N. The Kier molecular flexibility index (Phi) is 2.67. The monoisotopic (exact) mass is 139 g/mol. The maximum Gasteiger partial charge on any atom is 0.0638 e. The third kappa shape index (κ3) is 1.69. The van der Waals surface area contributed by atoms with Crippen molar-refractivity contribution in [2.45, 2.75) is 12.5 Å². The van der Waals surface area contributed by atoms with E-state index >= 15 is 0 Å². The molecule has 1 aliphatic heterocycles. The molecule has 1 atom stereocenters. The van der Waals surface area contributed by atoms with Crippen LogP contribution in [0.2, 0.25) is 0 Å². The predicted molar refractivity (Wildman–Crippen MR) is 39.5 cm³/mol. The zero-order valence-electron chi connectivity index (χ0n) is 6.30. The van der Waals surface area contributed by atoms with Gasteiger partial charge in [-0.15, -0.1) is 0 Å². The minimum Gasteiger partial charge on any atom is -0.314 e. The molecule has 0 aromatic rings. The average molecular weight is 139 g/mol. The highest BCUT2D eigenvalue weighted by Crippen LogP contribution is 2.02. The number of hydrogen-bond acceptors (Lipinski definition) is 3. The van der Waals surface area contributed by atoms with E-state index in [0.29, 0.717) is 12.5 Å². The molecule has 3 nitrogen and oxygen atoms in total. The Hall–Kier alpha value is -0.590. The van der Waals surface area contributed by atoms with Crippen molar-refractivity contribution in [2.24, 2.45) is 0 Å². The molecule has 0 saturated carbocycles. The molecular formula is C7H13N3. The fourth-order valence-electron chi connectivity index (χ4n) is 1.20. The van der Waals surface area contributed by atoms with Gasteiger partial charge in [0.15, 0.2) is 0 Å². The van der Waals surface area contributed by atoms with Gasteiger partial charge in [0.05, 0.1) is 12.5 Å². The molecule has 56 valence electrons. The second-order valence-corrected chi connectivity index (χ2v) is 2.70. The maximum atomic E-state index is 8.43. The molecule has 1 saturated heterocycles. The van der Waals surface area contributed by atoms with Gasteiger partial charge >= 0.3 is 0 Å². The van der Waals surface area contributed by atoms with Gasteiger partial charge in [-0.25, -0.2) is 0 Å². The molecule has 0 spiro atoms. The predicted octanol–water partition coefficient (Wildman–Crippen LogP) is -0.196. The maximum absolute atomic E-state index is 8.43. The molecule has 0 aromatic heterocycles. The van der Waals surface area contributed by atoms with Crippen molar-refractivity contribution in [3.63, 3.8) is 0 Å². The molecule has 3 heteroatoms. The lowest BCUT2D eigenvalue weighted by molar-refractivity contribution is 0.203. The normalized spacial score (nSPS) is 27.8. The van der Waals surface area contributed by atoms with Crippen molar-refractivity contribution >= 4 is 0 Å². The molecule has 0 aliphatic carbocycles. The quantitative estimate of drug-likeness (QED) is 0.547. The van der Waals surface area contributed by atoms with Crippen molar-refractivity contribution in [1.82, 2.24) is 10.2 Å². The fourth-order valence-corrected chi connectivity index (χ4v) is 1.20. The highest BCUT2D eigenvalue weighted by atomic mass is 15.2. The summed E-state index contributed by atoms with van der Waals surface area (Å²) in [5, 5.41) is 11.7. The van der Waals surface area contributed by atoms with Crippen molar-refractivity contribution < 1.29 is 0 Å². The molecule has 0 amide bonds. The Morgan fingerprint density at radius 3 is 3.20 bits per heavy atom. The van der Waals surface area contributed by atoms with Gasteiger partial charge in [-0.05, 0) is 7.05 Å². The summed E-state index contributed by atoms with van der Waals surface area (Å²) in [6.45, 7) is 3.08. The second-order valence-electron chi connectivity index (χ2n) is 2.70. The molecular weight excluding hydrogens is 126 g/mol. The van der Waals surface area contributed by atoms with Gasteiger partial charge in [0.2, 0.25) is 0 Å². The fraction of sp³-hybridized carbons (Fsp3) is 0.857. The molecule has 1 unspecified atom stereocenters. The summed E-state index contributed by atoms with van der Waals surface area (Å²) < 4.78 is 0. The van der Waals surface area contributed by atoms with E-state index in [9.17, 15) is 0 Å². The first-order chi connectivity index (χ1) is 4.84. The minimum absolute atomic E-state index is 0.429. The van der Waals surface area contributed by atoms with Crippen molar-refractivity contribution in [3.05, 3.63) is 0 Å². The molecule has 0 radical (unpaired) electrons. The Morgan fingerprint density at radius 1 is 1.80 bits per heavy atom. The summed E-state index contributed by atoms with van der Waals surface area (Å²) in [5.41, 5.74) is 0. The largest absolute Gasteiger partial charge is 0.314 e. The van der Waals surface area contributed by atoms with E-state index in [2.05, 4.69) is 23.3 Å². The van der Waals surface area contributed by atoms with Crippen LogP contribution in [0, 0.1) is 11.3 Å². The summed E-state index contributed by atoms with van der Waals surface area (Å²) in [4.78, 5) is 2.24. The molecule has 0 aromatic carbocycles. The van der Waals surface area contributed by atoms with Gasteiger partial charge < -0.3 is 5.32 Å². The summed E-state index contributed by atoms with van der Waals surface area (Å²) in [5.74, 6) is 0. The number of nitriles is 1. The lowest BCUT2D eigenvalue weighted by Crippen LogP contribution is -2.48. The first-order valence-corrected chi connectivity index (χ1v) is 3.62. The Morgan fingerprint density at radius 2 is 2.60 bits per heavy atom. The lowest BCUT2D eigenvalue weighted by Gasteiger charge is -2.31. The third-order valence-electron chi connectivity index (χ3n) is 1.97. The zero-order chi connectivity index (χ0) is 7.40. The number of likely N-dealkylation sites (N-methyl/N-ethyl adjacent to an activating group) is 1. The smallest absolute Gasteiger partial charge is 0.0638 e. The van der Waals surface area contributed by atoms with Crippen LogP contribution in [0.15, 0.2) is 0 Å². The molecule has 0 bridgehead atoms. The molecule has 1 aliphatic rings. The summed E-state index contributed by atoms with van der Waals surface area (Å²) in [6.07, 6.45) is 0.642. The Labute approximate surface area is 61.6 Å². The van der Waals surface area contributed by atoms with E-state index in [4.69, 9.17) is 5.26 Å². The molecule has 1 fully saturated rings. The number of nitrogens with zero attached hydrogens (tertiary/aromatic N) is 2. The summed E-state index contributed by atoms with van der Waals surface area (Å²) in [6, 6.07) is 2.62. The van der Waals surface area contributed by atoms with Crippen LogP contribution in [-0.4, -0.2) is 37.6 Å². The molecule has 1 N–H and O–H groups in total. The number of hydrogen-bond donors (Lipinski definition) is 1. The topological polar surface area (TPSA) is 39.1 Å². The van der Waals surface area contributed by atoms with E-state index in [1.54, 1.807) is 0 Å². The van der Waals surface area contributed by atoms with Crippen LogP contribution in [0.3, 0.4) is 0 Å². The number of piperazine rings is 1. The first-order valence-electron chi connectivity index (χ1n) is 3.62. The Balaban J connectivity index is 2.34. The van der Waals surface area contributed by atoms with Crippen LogP contribution in [-0.2, 0) is 0 Å². The van der Waals surface area contributed by atoms with Gasteiger partial charge in [0.1, 0.15) is 0 Å². The third-order valence-corrected chi connectivity index (χ3v) is 1.97. The van der Waals surface area contributed by atoms with E-state index in [-0.39, 0.29) is 0 Å². The van der Waals surface area contributed by atoms with Crippen LogP contribution in [0.1, 0.15) is 6.42 Å². The second kappa shape index (κ2) is 3.55. The van der Waals surface area contributed by atoms with Gasteiger partial charge in [-0.1, -0.05) is 0 Å². The summed E-state index contributed by atoms with van der Waals surface area (Å²) >= 11 is 0. The Bertz CT molecular complexity index is 138. The average Bonchev–Trinajstić information content (AvgIpc) is 1.94. The van der Waals surface area contributed by atoms with Crippen molar-refractivity contribution in [3.8, 4) is 6.07 Å². The van der Waals surface area contributed by atoms with Crippen LogP contribution in [0.4, 0.5) is 0 Å². The number of nitrogens with one attached hydrogen (secondary N) is 1. The van der Waals surface area contributed by atoms with E-state index in [1.165, 1.54) is 0 Å². The van der Waals surface area contributed by atoms with Crippen LogP contribution >= 0.6 is 0 Å². The van der Waals surface area contributed by atoms with Crippen LogP contribution in [0.5, 0.6) is 0 Å². The highest BCUT2D eigenvalue weighted by molar-refractivity contribution is 4.85. The van der Waals surface area contributed by atoms with Gasteiger partial charge in [-0.3, -0.25) is 4.90 Å². The highest BCUT2D eigenvalue weighted by Gasteiger charge is 2.16. The number of rotatable bonds is 1. The van der Waals surface area contributed by atoms with Crippen molar-refractivity contribution in [2.75, 3.05) is 26.7 Å². The van der Waals surface area contributed by atoms with Gasteiger partial charge in [0.25, 0.3) is 0 Å². The van der Waals surface area contributed by atoms with E-state index in [1.807, 2.05) is 0 Å². The van der Waals surface area contributed by atoms with E-state index in [0.717, 1.165) is 19.6 Å². The minimum atomic E-state index is 0.429. The molecule has 10 heavy (non-hydrogen) atoms. The zero-order valence-corrected chi connectivity index (χ0v) is 6.30. The van der Waals surface area contributed by atoms with Crippen LogP contribution < -0.4 is 5.32 Å². The van der Waals surface area contributed by atoms with E-state index < -0.39 is 0 Å². The molecule has 1 heterocycles.